The number of hydrogen-bond donors (Lipinski definition) is 2. The van der Waals surface area contributed by atoms with E-state index in [1.165, 1.54) is 0 Å². The minimum absolute atomic E-state index is 1.72. The Hall–Kier alpha value is 0.571. The topological polar surface area (TPSA) is 40.5 Å². The molecule has 5 heteroatoms. The Bertz CT molecular complexity index is 127. The Balaban J connectivity index is 4.75. The fraction of sp³-hybridized carbons (Fsp3) is 1.00. The summed E-state index contributed by atoms with van der Waals surface area (Å²) in [7, 11) is -5.86. The van der Waals surface area contributed by atoms with Gasteiger partial charge in [-0.05, 0) is 26.2 Å². The second kappa shape index (κ2) is 2.81. The Labute approximate surface area is 72.1 Å². The number of hydrogen-bond acceptors (Lipinski definition) is 2. The van der Waals surface area contributed by atoms with Crippen LogP contribution in [0.2, 0.25) is 39.3 Å². The van der Waals surface area contributed by atoms with E-state index in [2.05, 4.69) is 13.1 Å². The van der Waals surface area contributed by atoms with Crippen LogP contribution >= 0.6 is 0 Å². The van der Waals surface area contributed by atoms with Crippen molar-refractivity contribution in [2.45, 2.75) is 39.3 Å². The first-order valence-electron chi connectivity index (χ1n) is 3.95. The molecule has 0 aliphatic carbocycles. The van der Waals surface area contributed by atoms with Crippen LogP contribution < -0.4 is 0 Å². The van der Waals surface area contributed by atoms with Crippen LogP contribution in [0.3, 0.4) is 0 Å². The summed E-state index contributed by atoms with van der Waals surface area (Å²) in [5.74, 6) is 0. The molecular formula is C6H20O2Si3. The van der Waals surface area contributed by atoms with Crippen LogP contribution in [0.5, 0.6) is 0 Å². The van der Waals surface area contributed by atoms with E-state index in [-0.39, 0.29) is 0 Å². The summed E-state index contributed by atoms with van der Waals surface area (Å²) in [5.41, 5.74) is 0. The lowest BCUT2D eigenvalue weighted by Crippen LogP contribution is -2.70. The molecule has 0 saturated heterocycles. The molecule has 0 radical (unpaired) electrons. The molecule has 2 nitrogen and oxygen atoms in total. The fourth-order valence-corrected chi connectivity index (χ4v) is 20.2. The summed E-state index contributed by atoms with van der Waals surface area (Å²) >= 11 is 0. The van der Waals surface area contributed by atoms with Crippen LogP contribution in [-0.2, 0) is 0 Å². The molecule has 0 aliphatic heterocycles. The highest BCUT2D eigenvalue weighted by molar-refractivity contribution is 7.65. The van der Waals surface area contributed by atoms with E-state index < -0.39 is 22.8 Å². The van der Waals surface area contributed by atoms with Gasteiger partial charge < -0.3 is 9.59 Å². The van der Waals surface area contributed by atoms with E-state index >= 15 is 0 Å². The third kappa shape index (κ3) is 2.25. The van der Waals surface area contributed by atoms with Gasteiger partial charge in [-0.1, -0.05) is 13.1 Å². The molecule has 0 fully saturated rings. The zero-order valence-electron chi connectivity index (χ0n) is 8.39. The standard InChI is InChI=1S/C6H20O2Si3/c1-9(2,7)11(5,6)10(3,4)8/h7-8H,1-6H3. The van der Waals surface area contributed by atoms with Crippen LogP contribution in [0.25, 0.3) is 0 Å². The van der Waals surface area contributed by atoms with Crippen molar-refractivity contribution in [1.29, 1.82) is 0 Å². The summed E-state index contributed by atoms with van der Waals surface area (Å²) in [4.78, 5) is 19.9. The lowest BCUT2D eigenvalue weighted by atomic mass is 11.9. The molecule has 0 rings (SSSR count). The molecule has 0 saturated carbocycles. The third-order valence-corrected chi connectivity index (χ3v) is 38.5. The molecule has 11 heavy (non-hydrogen) atoms. The summed E-state index contributed by atoms with van der Waals surface area (Å²) in [6, 6.07) is 0. The average molecular weight is 208 g/mol. The van der Waals surface area contributed by atoms with Crippen molar-refractivity contribution in [3.63, 3.8) is 0 Å². The van der Waals surface area contributed by atoms with Crippen molar-refractivity contribution in [3.8, 4) is 0 Å². The maximum Gasteiger partial charge on any atom is 0.169 e. The number of rotatable bonds is 2. The lowest BCUT2D eigenvalue weighted by molar-refractivity contribution is 0.561. The van der Waals surface area contributed by atoms with Crippen LogP contribution in [0.15, 0.2) is 0 Å². The van der Waals surface area contributed by atoms with E-state index in [4.69, 9.17) is 0 Å². The molecule has 0 unspecified atom stereocenters. The van der Waals surface area contributed by atoms with Crippen molar-refractivity contribution in [2.24, 2.45) is 0 Å². The molecule has 0 aromatic rings. The first-order valence-corrected chi connectivity index (χ1v) is 14.8. The van der Waals surface area contributed by atoms with Crippen molar-refractivity contribution in [3.05, 3.63) is 0 Å². The minimum atomic E-state index is -2.07. The van der Waals surface area contributed by atoms with Crippen molar-refractivity contribution < 1.29 is 9.59 Å². The largest absolute Gasteiger partial charge is 0.435 e. The zero-order valence-corrected chi connectivity index (χ0v) is 11.4. The van der Waals surface area contributed by atoms with Crippen molar-refractivity contribution in [2.75, 3.05) is 0 Å². The minimum Gasteiger partial charge on any atom is -0.435 e. The van der Waals surface area contributed by atoms with Gasteiger partial charge >= 0.3 is 0 Å². The molecule has 0 aliphatic rings. The van der Waals surface area contributed by atoms with Crippen molar-refractivity contribution in [1.82, 2.24) is 0 Å². The van der Waals surface area contributed by atoms with Gasteiger partial charge in [0.2, 0.25) is 0 Å². The van der Waals surface area contributed by atoms with Crippen LogP contribution in [-0.4, -0.2) is 32.4 Å². The first kappa shape index (κ1) is 11.6. The maximum atomic E-state index is 9.96. The van der Waals surface area contributed by atoms with E-state index in [9.17, 15) is 9.59 Å². The average Bonchev–Trinajstić information content (AvgIpc) is 1.58. The van der Waals surface area contributed by atoms with Gasteiger partial charge in [-0.25, -0.2) is 0 Å². The molecule has 0 aromatic carbocycles. The fourth-order valence-electron chi connectivity index (χ4n) is 0.749. The van der Waals surface area contributed by atoms with Gasteiger partial charge in [0.15, 0.2) is 15.7 Å². The molecular weight excluding hydrogens is 188 g/mol. The van der Waals surface area contributed by atoms with Gasteiger partial charge in [0, 0.05) is 0 Å². The van der Waals surface area contributed by atoms with Gasteiger partial charge in [0.25, 0.3) is 0 Å². The molecule has 0 amide bonds. The Morgan fingerprint density at radius 2 is 0.818 bits per heavy atom. The van der Waals surface area contributed by atoms with E-state index in [1.54, 1.807) is 0 Å². The molecule has 2 N–H and O–H groups in total. The van der Waals surface area contributed by atoms with Gasteiger partial charge in [-0.15, -0.1) is 0 Å². The van der Waals surface area contributed by atoms with Crippen molar-refractivity contribution >= 4 is 22.8 Å². The summed E-state index contributed by atoms with van der Waals surface area (Å²) in [5, 5.41) is 0. The second-order valence-electron chi connectivity index (χ2n) is 4.74. The zero-order chi connectivity index (χ0) is 9.50. The molecule has 0 atom stereocenters. The van der Waals surface area contributed by atoms with E-state index in [0.29, 0.717) is 0 Å². The van der Waals surface area contributed by atoms with Crippen LogP contribution in [0, 0.1) is 0 Å². The summed E-state index contributed by atoms with van der Waals surface area (Å²) in [6.45, 7) is 12.0. The van der Waals surface area contributed by atoms with Gasteiger partial charge in [0.05, 0.1) is 7.11 Å². The monoisotopic (exact) mass is 208 g/mol. The molecule has 0 spiro atoms. The Morgan fingerprint density at radius 3 is 0.818 bits per heavy atom. The third-order valence-electron chi connectivity index (χ3n) is 3.06. The summed E-state index contributed by atoms with van der Waals surface area (Å²) in [6.07, 6.45) is 0. The SMILES string of the molecule is C[Si](C)(O)[Si](C)(C)[Si](C)(C)O. The van der Waals surface area contributed by atoms with Crippen LogP contribution in [0.4, 0.5) is 0 Å². The Morgan fingerprint density at radius 1 is 0.636 bits per heavy atom. The second-order valence-corrected chi connectivity index (χ2v) is 30.6. The van der Waals surface area contributed by atoms with Gasteiger partial charge in [0.1, 0.15) is 0 Å². The predicted molar refractivity (Wildman–Crippen MR) is 56.9 cm³/mol. The highest BCUT2D eigenvalue weighted by atomic mass is 29.7. The highest BCUT2D eigenvalue weighted by Crippen LogP contribution is 2.24. The smallest absolute Gasteiger partial charge is 0.169 e. The predicted octanol–water partition coefficient (Wildman–Crippen LogP) is 1.25. The summed E-state index contributed by atoms with van der Waals surface area (Å²) < 4.78 is 0. The molecule has 68 valence electrons. The Kier molecular flexibility index (Phi) is 2.95. The van der Waals surface area contributed by atoms with E-state index in [0.717, 1.165) is 0 Å². The molecule has 0 bridgehead atoms. The highest BCUT2D eigenvalue weighted by Gasteiger charge is 2.52. The first-order chi connectivity index (χ1) is 4.50. The van der Waals surface area contributed by atoms with Gasteiger partial charge in [-0.2, -0.15) is 0 Å². The van der Waals surface area contributed by atoms with E-state index in [1.807, 2.05) is 26.2 Å². The normalized spacial score (nSPS) is 15.3. The lowest BCUT2D eigenvalue weighted by Gasteiger charge is -2.40. The maximum absolute atomic E-state index is 9.96. The molecule has 0 heterocycles. The van der Waals surface area contributed by atoms with Gasteiger partial charge in [-0.3, -0.25) is 0 Å². The van der Waals surface area contributed by atoms with Crippen LogP contribution in [0.1, 0.15) is 0 Å². The quantitative estimate of drug-likeness (QED) is 0.671. The molecule has 0 aromatic heterocycles.